The third-order valence-electron chi connectivity index (χ3n) is 17.4. The fraction of sp³-hybridized carbons (Fsp3) is 0.397. The molecule has 87 heavy (non-hydrogen) atoms. The second kappa shape index (κ2) is 26.5. The van der Waals surface area contributed by atoms with Gasteiger partial charge in [-0.25, -0.2) is 15.0 Å². The predicted molar refractivity (Wildman–Crippen MR) is 344 cm³/mol. The Kier molecular flexibility index (Phi) is 18.4. The van der Waals surface area contributed by atoms with Gasteiger partial charge in [0.2, 0.25) is 17.7 Å². The highest BCUT2D eigenvalue weighted by molar-refractivity contribution is 7.22. The van der Waals surface area contributed by atoms with E-state index in [-0.39, 0.29) is 54.8 Å². The Labute approximate surface area is 516 Å². The van der Waals surface area contributed by atoms with E-state index in [4.69, 9.17) is 10.1 Å². The summed E-state index contributed by atoms with van der Waals surface area (Å²) in [6.45, 7) is 13.5. The number of benzene rings is 4. The number of pyridine rings is 1. The molecule has 17 nitrogen and oxygen atoms in total. The number of aliphatic hydroxyl groups is 1. The average Bonchev–Trinajstić information content (AvgIpc) is 2.37. The van der Waals surface area contributed by atoms with Crippen molar-refractivity contribution in [1.82, 2.24) is 40.3 Å². The number of unbranched alkanes of at least 4 members (excludes halogenated alkanes) is 1. The van der Waals surface area contributed by atoms with Crippen LogP contribution >= 0.6 is 22.7 Å². The number of anilines is 3. The number of likely N-dealkylation sites (tertiary alicyclic amines) is 1. The summed E-state index contributed by atoms with van der Waals surface area (Å²) in [5, 5.41) is 28.4. The molecule has 0 bridgehead atoms. The highest BCUT2D eigenvalue weighted by Crippen LogP contribution is 2.35. The highest BCUT2D eigenvalue weighted by Gasteiger charge is 2.45. The maximum Gasteiger partial charge on any atom is 0.274 e. The summed E-state index contributed by atoms with van der Waals surface area (Å²) in [7, 11) is 0. The summed E-state index contributed by atoms with van der Waals surface area (Å²) >= 11 is 3.02. The van der Waals surface area contributed by atoms with Gasteiger partial charge in [-0.2, -0.15) is 5.10 Å². The lowest BCUT2D eigenvalue weighted by molar-refractivity contribution is -0.144. The maximum absolute atomic E-state index is 14.7. The number of fused-ring (bicyclic) bond motifs is 2. The normalized spacial score (nSPS) is 17.0. The smallest absolute Gasteiger partial charge is 0.274 e. The minimum Gasteiger partial charge on any atom is -0.391 e. The van der Waals surface area contributed by atoms with Gasteiger partial charge in [0, 0.05) is 67.1 Å². The van der Waals surface area contributed by atoms with Gasteiger partial charge in [-0.1, -0.05) is 112 Å². The molecule has 4 aromatic carbocycles. The first-order valence-corrected chi connectivity index (χ1v) is 32.2. The summed E-state index contributed by atoms with van der Waals surface area (Å²) < 4.78 is 3.07. The molecule has 3 aliphatic rings. The van der Waals surface area contributed by atoms with Crippen LogP contribution in [-0.4, -0.2) is 95.6 Å². The molecule has 4 atom stereocenters. The number of amides is 5. The first kappa shape index (κ1) is 60.6. The van der Waals surface area contributed by atoms with Gasteiger partial charge in [-0.15, -0.1) is 11.3 Å². The van der Waals surface area contributed by atoms with E-state index in [2.05, 4.69) is 53.8 Å². The number of hydrogen-bond acceptors (Lipinski definition) is 13. The Bertz CT molecular complexity index is 3770. The maximum atomic E-state index is 14.7. The Morgan fingerprint density at radius 1 is 0.816 bits per heavy atom. The number of carbonyl (C=O) groups is 5. The Morgan fingerprint density at radius 2 is 1.60 bits per heavy atom. The van der Waals surface area contributed by atoms with Gasteiger partial charge in [0.05, 0.1) is 44.6 Å². The number of nitrogens with one attached hydrogen (secondary N) is 4. The van der Waals surface area contributed by atoms with Gasteiger partial charge < -0.3 is 30.9 Å². The molecular weight excluding hydrogens is 1130 g/mol. The second-order valence-corrected chi connectivity index (χ2v) is 26.6. The second-order valence-electron chi connectivity index (χ2n) is 24.7. The van der Waals surface area contributed by atoms with Crippen LogP contribution in [0.4, 0.5) is 16.6 Å². The van der Waals surface area contributed by atoms with Gasteiger partial charge in [-0.05, 0) is 141 Å². The van der Waals surface area contributed by atoms with Gasteiger partial charge in [0.15, 0.2) is 5.13 Å². The average molecular weight is 1210 g/mol. The van der Waals surface area contributed by atoms with E-state index >= 15 is 0 Å². The number of thiazole rings is 2. The van der Waals surface area contributed by atoms with Gasteiger partial charge in [0.1, 0.15) is 23.6 Å². The number of rotatable bonds is 19. The number of nitrogens with zero attached hydrogens (tertiary/aromatic N) is 7. The van der Waals surface area contributed by atoms with Crippen LogP contribution in [0.5, 0.6) is 0 Å². The van der Waals surface area contributed by atoms with Crippen molar-refractivity contribution < 1.29 is 29.1 Å². The van der Waals surface area contributed by atoms with Crippen LogP contribution < -0.4 is 26.2 Å². The third-order valence-corrected chi connectivity index (χ3v) is 19.3. The van der Waals surface area contributed by atoms with Gasteiger partial charge >= 0.3 is 0 Å². The zero-order valence-electron chi connectivity index (χ0n) is 50.4. The monoisotopic (exact) mass is 1210 g/mol. The lowest BCUT2D eigenvalue weighted by Crippen LogP contribution is -2.57. The molecular formula is C68H77N11O6S2. The zero-order valence-corrected chi connectivity index (χ0v) is 52.0. The van der Waals surface area contributed by atoms with E-state index in [1.165, 1.54) is 48.3 Å². The summed E-state index contributed by atoms with van der Waals surface area (Å²) in [5.41, 5.74) is 11.9. The number of β-amino-alcohol motifs (C(OH)–C–C–N with tert-alkyl or cyclic N) is 1. The quantitative estimate of drug-likeness (QED) is 0.0480. The molecule has 8 aromatic rings. The molecule has 19 heteroatoms. The standard InChI is InChI=1S/C68H77N11O6S2/c1-41(46-25-27-48(28-26-46)61-42(2)69-40-86-61)71-64(83)56-35-50(80)38-78(56)66(85)62(68(4,5)6)75-59(81)22-13-10-15-44-23-29-49(30-24-44)72-65(84)60-51(53-36-70-79(43(53)3)37-45-16-8-7-9-17-45)31-32-58(74-60)77-34-33-47-18-14-19-52(54(47)39-77)63(82)76-67-73-55-20-11-12-21-57(55)87-67/h11-12,14,18-21,23-32,36,40-41,45,50,56,62,80H,7-10,13,15-17,22,33-35,37-39H2,1-6H3,(H,71,83)(H,72,84)(H,75,81)(H,73,76,82)/t41-,50+,56-,62+/m0/s1. The Balaban J connectivity index is 0.719. The first-order chi connectivity index (χ1) is 41.9. The number of para-hydroxylation sites is 1. The number of aromatic nitrogens is 5. The SMILES string of the molecule is Cc1ncsc1-c1ccc([C@H](C)NC(=O)[C@@H]2C[C@@H](O)CN2C(=O)[C@@H](NC(=O)CCCCc2ccc(NC(=O)c3nc(N4CCc5cccc(C(=O)Nc6nc7ccccc7s6)c5C4)ccc3-c3cnn(CC4CCCCC4)c3C)cc2)C(C)(C)C)cc1. The van der Waals surface area contributed by atoms with E-state index in [1.807, 2.05) is 143 Å². The largest absolute Gasteiger partial charge is 0.391 e. The fourth-order valence-electron chi connectivity index (χ4n) is 12.4. The highest BCUT2D eigenvalue weighted by atomic mass is 32.1. The summed E-state index contributed by atoms with van der Waals surface area (Å²) in [6, 6.07) is 31.1. The zero-order chi connectivity index (χ0) is 60.9. The first-order valence-electron chi connectivity index (χ1n) is 30.5. The van der Waals surface area contributed by atoms with Crippen molar-refractivity contribution in [3.63, 3.8) is 0 Å². The van der Waals surface area contributed by atoms with E-state index in [1.54, 1.807) is 11.3 Å². The van der Waals surface area contributed by atoms with Crippen molar-refractivity contribution in [1.29, 1.82) is 0 Å². The van der Waals surface area contributed by atoms with Crippen molar-refractivity contribution in [3.8, 4) is 21.6 Å². The Hall–Kier alpha value is -8.13. The molecule has 5 N–H and O–H groups in total. The van der Waals surface area contributed by atoms with Crippen LogP contribution in [0.15, 0.2) is 115 Å². The minimum atomic E-state index is -0.928. The molecule has 6 heterocycles. The molecule has 1 saturated carbocycles. The molecule has 5 amide bonds. The molecule has 2 aliphatic heterocycles. The summed E-state index contributed by atoms with van der Waals surface area (Å²) in [6.07, 6.45) is 10.0. The lowest BCUT2D eigenvalue weighted by atomic mass is 9.85. The van der Waals surface area contributed by atoms with E-state index in [9.17, 15) is 29.1 Å². The van der Waals surface area contributed by atoms with E-state index in [0.29, 0.717) is 72.5 Å². The molecule has 2 fully saturated rings. The lowest BCUT2D eigenvalue weighted by Gasteiger charge is -2.35. The van der Waals surface area contributed by atoms with Crippen LogP contribution in [0.2, 0.25) is 0 Å². The van der Waals surface area contributed by atoms with E-state index in [0.717, 1.165) is 66.4 Å². The molecule has 452 valence electrons. The molecule has 0 unspecified atom stereocenters. The molecule has 1 aliphatic carbocycles. The number of hydrogen-bond donors (Lipinski definition) is 5. The van der Waals surface area contributed by atoms with Crippen LogP contribution in [0, 0.1) is 25.2 Å². The minimum absolute atomic E-state index is 0.0103. The van der Waals surface area contributed by atoms with Crippen LogP contribution in [0.3, 0.4) is 0 Å². The van der Waals surface area contributed by atoms with Crippen LogP contribution in [0.25, 0.3) is 31.8 Å². The number of carbonyl (C=O) groups excluding carboxylic acids is 5. The molecule has 11 rings (SSSR count). The Morgan fingerprint density at radius 3 is 2.34 bits per heavy atom. The van der Waals surface area contributed by atoms with E-state index < -0.39 is 29.5 Å². The number of aryl methyl sites for hydroxylation is 2. The molecule has 1 saturated heterocycles. The fourth-order valence-corrected chi connectivity index (χ4v) is 14.1. The molecule has 0 radical (unpaired) electrons. The topological polar surface area (TPSA) is 217 Å². The molecule has 0 spiro atoms. The van der Waals surface area contributed by atoms with Crippen molar-refractivity contribution in [2.45, 2.75) is 149 Å². The van der Waals surface area contributed by atoms with Crippen molar-refractivity contribution >= 4 is 79.1 Å². The van der Waals surface area contributed by atoms with Gasteiger partial charge in [0.25, 0.3) is 11.8 Å². The van der Waals surface area contributed by atoms with Crippen LogP contribution in [-0.2, 0) is 40.3 Å². The van der Waals surface area contributed by atoms with Crippen molar-refractivity contribution in [3.05, 3.63) is 160 Å². The third kappa shape index (κ3) is 14.0. The van der Waals surface area contributed by atoms with Gasteiger partial charge in [-0.3, -0.25) is 34.0 Å². The number of aliphatic hydroxyl groups excluding tert-OH is 1. The molecule has 4 aromatic heterocycles. The van der Waals surface area contributed by atoms with Crippen LogP contribution in [0.1, 0.15) is 146 Å². The predicted octanol–water partition coefficient (Wildman–Crippen LogP) is 12.0. The van der Waals surface area contributed by atoms with Crippen molar-refractivity contribution in [2.75, 3.05) is 28.6 Å². The summed E-state index contributed by atoms with van der Waals surface area (Å²) in [4.78, 5) is 89.2. The van der Waals surface area contributed by atoms with Crippen molar-refractivity contribution in [2.24, 2.45) is 11.3 Å². The summed E-state index contributed by atoms with van der Waals surface area (Å²) in [5.74, 6) is -0.429.